The van der Waals surface area contributed by atoms with E-state index in [9.17, 15) is 0 Å². The minimum Gasteiger partial charge on any atom is -0.467 e. The molecule has 0 atom stereocenters. The molecule has 2 aromatic rings. The van der Waals surface area contributed by atoms with E-state index in [1.807, 2.05) is 12.1 Å². The van der Waals surface area contributed by atoms with Gasteiger partial charge in [0.1, 0.15) is 5.75 Å². The molecule has 19 heavy (non-hydrogen) atoms. The number of rotatable bonds is 3. The van der Waals surface area contributed by atoms with E-state index in [1.165, 1.54) is 11.8 Å². The molecule has 6 nitrogen and oxygen atoms in total. The number of halogens is 1. The van der Waals surface area contributed by atoms with Crippen molar-refractivity contribution in [1.82, 2.24) is 15.2 Å². The molecule has 0 spiro atoms. The van der Waals surface area contributed by atoms with Crippen LogP contribution in [0.25, 0.3) is 0 Å². The average molecular weight is 299 g/mol. The number of nitrogen functional groups attached to an aromatic ring is 1. The van der Waals surface area contributed by atoms with E-state index in [0.717, 1.165) is 16.9 Å². The lowest BCUT2D eigenvalue weighted by molar-refractivity contribution is -0.0168. The zero-order valence-corrected chi connectivity index (χ0v) is 11.4. The lowest BCUT2D eigenvalue weighted by Gasteiger charge is -2.20. The van der Waals surface area contributed by atoms with Gasteiger partial charge in [-0.1, -0.05) is 23.4 Å². The van der Waals surface area contributed by atoms with Gasteiger partial charge in [0.05, 0.1) is 6.61 Å². The maximum atomic E-state index is 6.09. The van der Waals surface area contributed by atoms with Crippen molar-refractivity contribution in [1.29, 1.82) is 0 Å². The molecule has 1 aromatic carbocycles. The number of fused-ring (bicyclic) bond motifs is 1. The predicted octanol–water partition coefficient (Wildman–Crippen LogP) is 2.20. The Labute approximate surface area is 118 Å². The van der Waals surface area contributed by atoms with Gasteiger partial charge in [0.15, 0.2) is 6.79 Å². The number of benzene rings is 1. The fourth-order valence-electron chi connectivity index (χ4n) is 1.83. The maximum Gasteiger partial charge on any atom is 0.216 e. The SMILES string of the molecule is Nc1nc(SCc2cc(Cl)cc3c2OCOC3)n[nH]1. The molecule has 0 fully saturated rings. The summed E-state index contributed by atoms with van der Waals surface area (Å²) < 4.78 is 10.8. The maximum absolute atomic E-state index is 6.09. The van der Waals surface area contributed by atoms with Crippen molar-refractivity contribution in [2.45, 2.75) is 17.5 Å². The average Bonchev–Trinajstić information content (AvgIpc) is 2.81. The van der Waals surface area contributed by atoms with Crippen LogP contribution < -0.4 is 10.5 Å². The Balaban J connectivity index is 1.82. The Bertz CT molecular complexity index is 604. The second-order valence-electron chi connectivity index (χ2n) is 3.96. The first-order valence-corrected chi connectivity index (χ1v) is 6.91. The van der Waals surface area contributed by atoms with Gasteiger partial charge in [-0.2, -0.15) is 4.98 Å². The number of ether oxygens (including phenoxy) is 2. The molecule has 3 rings (SSSR count). The third-order valence-electron chi connectivity index (χ3n) is 2.59. The van der Waals surface area contributed by atoms with Crippen LogP contribution >= 0.6 is 23.4 Å². The zero-order chi connectivity index (χ0) is 13.2. The Kier molecular flexibility index (Phi) is 3.50. The Morgan fingerprint density at radius 2 is 2.37 bits per heavy atom. The van der Waals surface area contributed by atoms with E-state index in [1.54, 1.807) is 0 Å². The number of nitrogens with zero attached hydrogens (tertiary/aromatic N) is 2. The van der Waals surface area contributed by atoms with Gasteiger partial charge >= 0.3 is 0 Å². The molecule has 1 aliphatic heterocycles. The molecule has 0 bridgehead atoms. The molecule has 1 aliphatic rings. The lowest BCUT2D eigenvalue weighted by Crippen LogP contribution is -2.12. The molecule has 2 heterocycles. The van der Waals surface area contributed by atoms with E-state index in [2.05, 4.69) is 15.2 Å². The summed E-state index contributed by atoms with van der Waals surface area (Å²) in [6, 6.07) is 3.74. The Morgan fingerprint density at radius 1 is 1.47 bits per heavy atom. The summed E-state index contributed by atoms with van der Waals surface area (Å²) >= 11 is 7.55. The normalized spacial score (nSPS) is 13.9. The fourth-order valence-corrected chi connectivity index (χ4v) is 2.86. The molecule has 0 amide bonds. The van der Waals surface area contributed by atoms with Gasteiger partial charge in [-0.05, 0) is 12.1 Å². The summed E-state index contributed by atoms with van der Waals surface area (Å²) in [5, 5.41) is 7.83. The van der Waals surface area contributed by atoms with Gasteiger partial charge in [-0.3, -0.25) is 0 Å². The third kappa shape index (κ3) is 2.78. The van der Waals surface area contributed by atoms with Gasteiger partial charge in [-0.25, -0.2) is 5.10 Å². The van der Waals surface area contributed by atoms with Crippen LogP contribution in [0.5, 0.6) is 5.75 Å². The number of hydrogen-bond acceptors (Lipinski definition) is 6. The van der Waals surface area contributed by atoms with Crippen LogP contribution in [0.1, 0.15) is 11.1 Å². The standard InChI is InChI=1S/C11H11ClN4O2S/c12-8-1-6-3-17-5-18-9(6)7(2-8)4-19-11-14-10(13)15-16-11/h1-2H,3-5H2,(H3,13,14,15,16). The fraction of sp³-hybridized carbons (Fsp3) is 0.273. The highest BCUT2D eigenvalue weighted by Crippen LogP contribution is 2.34. The topological polar surface area (TPSA) is 86.1 Å². The van der Waals surface area contributed by atoms with Crippen LogP contribution in [-0.4, -0.2) is 22.0 Å². The van der Waals surface area contributed by atoms with Crippen molar-refractivity contribution >= 4 is 29.3 Å². The smallest absolute Gasteiger partial charge is 0.216 e. The van der Waals surface area contributed by atoms with Gasteiger partial charge < -0.3 is 15.2 Å². The van der Waals surface area contributed by atoms with Crippen LogP contribution in [0, 0.1) is 0 Å². The van der Waals surface area contributed by atoms with E-state index in [-0.39, 0.29) is 6.79 Å². The summed E-state index contributed by atoms with van der Waals surface area (Å²) in [7, 11) is 0. The number of aromatic amines is 1. The number of nitrogens with one attached hydrogen (secondary N) is 1. The van der Waals surface area contributed by atoms with E-state index >= 15 is 0 Å². The van der Waals surface area contributed by atoms with Crippen molar-refractivity contribution in [2.75, 3.05) is 12.5 Å². The highest BCUT2D eigenvalue weighted by atomic mass is 35.5. The van der Waals surface area contributed by atoms with Crippen molar-refractivity contribution in [3.05, 3.63) is 28.3 Å². The van der Waals surface area contributed by atoms with E-state index in [0.29, 0.717) is 28.5 Å². The molecule has 0 radical (unpaired) electrons. The summed E-state index contributed by atoms with van der Waals surface area (Å²) in [4.78, 5) is 4.04. The first kappa shape index (κ1) is 12.6. The summed E-state index contributed by atoms with van der Waals surface area (Å²) in [5.74, 6) is 1.80. The van der Waals surface area contributed by atoms with Crippen molar-refractivity contribution in [3.8, 4) is 5.75 Å². The predicted molar refractivity (Wildman–Crippen MR) is 72.1 cm³/mol. The molecule has 8 heteroatoms. The van der Waals surface area contributed by atoms with E-state index in [4.69, 9.17) is 26.8 Å². The first-order chi connectivity index (χ1) is 9.22. The molecule has 0 aliphatic carbocycles. The molecule has 0 unspecified atom stereocenters. The summed E-state index contributed by atoms with van der Waals surface area (Å²) in [5.41, 5.74) is 7.44. The highest BCUT2D eigenvalue weighted by Gasteiger charge is 2.17. The van der Waals surface area contributed by atoms with Gasteiger partial charge in [0.25, 0.3) is 0 Å². The van der Waals surface area contributed by atoms with Crippen molar-refractivity contribution < 1.29 is 9.47 Å². The van der Waals surface area contributed by atoms with Crippen LogP contribution in [0.15, 0.2) is 17.3 Å². The van der Waals surface area contributed by atoms with Crippen LogP contribution in [0.4, 0.5) is 5.95 Å². The van der Waals surface area contributed by atoms with Crippen LogP contribution in [-0.2, 0) is 17.1 Å². The number of aromatic nitrogens is 3. The molecular weight excluding hydrogens is 288 g/mol. The first-order valence-electron chi connectivity index (χ1n) is 5.55. The molecule has 100 valence electrons. The summed E-state index contributed by atoms with van der Waals surface area (Å²) in [6.45, 7) is 0.779. The molecule has 0 saturated heterocycles. The highest BCUT2D eigenvalue weighted by molar-refractivity contribution is 7.98. The second kappa shape index (κ2) is 5.28. The largest absolute Gasteiger partial charge is 0.467 e. The summed E-state index contributed by atoms with van der Waals surface area (Å²) in [6.07, 6.45) is 0. The minimum atomic E-state index is 0.264. The molecular formula is C11H11ClN4O2S. The van der Waals surface area contributed by atoms with Gasteiger partial charge in [0.2, 0.25) is 11.1 Å². The third-order valence-corrected chi connectivity index (χ3v) is 3.70. The molecule has 3 N–H and O–H groups in total. The Hall–Kier alpha value is -1.44. The van der Waals surface area contributed by atoms with Gasteiger partial charge in [-0.15, -0.1) is 5.10 Å². The number of thioether (sulfide) groups is 1. The number of hydrogen-bond donors (Lipinski definition) is 2. The monoisotopic (exact) mass is 298 g/mol. The van der Waals surface area contributed by atoms with Crippen LogP contribution in [0.2, 0.25) is 5.02 Å². The van der Waals surface area contributed by atoms with Crippen molar-refractivity contribution in [3.63, 3.8) is 0 Å². The lowest BCUT2D eigenvalue weighted by atomic mass is 10.1. The molecule has 1 aromatic heterocycles. The van der Waals surface area contributed by atoms with Crippen molar-refractivity contribution in [2.24, 2.45) is 0 Å². The minimum absolute atomic E-state index is 0.264. The molecule has 0 saturated carbocycles. The zero-order valence-electron chi connectivity index (χ0n) is 9.85. The number of anilines is 1. The quantitative estimate of drug-likeness (QED) is 0.845. The second-order valence-corrected chi connectivity index (χ2v) is 5.33. The van der Waals surface area contributed by atoms with Crippen LogP contribution in [0.3, 0.4) is 0 Å². The van der Waals surface area contributed by atoms with E-state index < -0.39 is 0 Å². The Morgan fingerprint density at radius 3 is 3.16 bits per heavy atom. The number of nitrogens with two attached hydrogens (primary N) is 1. The van der Waals surface area contributed by atoms with Gasteiger partial charge in [0, 0.05) is 21.9 Å². The number of H-pyrrole nitrogens is 1.